The first-order valence-electron chi connectivity index (χ1n) is 30.4. The summed E-state index contributed by atoms with van der Waals surface area (Å²) in [6.07, 6.45) is 76.4. The summed E-state index contributed by atoms with van der Waals surface area (Å²) in [5.74, 6) is -0.518. The molecule has 6 heteroatoms. The van der Waals surface area contributed by atoms with Gasteiger partial charge in [0, 0.05) is 6.42 Å². The second kappa shape index (κ2) is 57.9. The molecular formula is C65H115NO5. The van der Waals surface area contributed by atoms with Gasteiger partial charge in [0.05, 0.1) is 25.2 Å². The molecule has 1 amide bonds. The number of carbonyl (C=O) groups is 2. The third-order valence-electron chi connectivity index (χ3n) is 13.5. The fraction of sp³-hybridized carbons (Fsp3) is 0.754. The zero-order valence-corrected chi connectivity index (χ0v) is 46.8. The average molecular weight is 991 g/mol. The van der Waals surface area contributed by atoms with E-state index in [0.717, 1.165) is 109 Å². The summed E-state index contributed by atoms with van der Waals surface area (Å²) < 4.78 is 5.95. The molecule has 0 aromatic rings. The van der Waals surface area contributed by atoms with Crippen LogP contribution < -0.4 is 5.32 Å². The van der Waals surface area contributed by atoms with Crippen molar-refractivity contribution in [2.75, 3.05) is 6.61 Å². The van der Waals surface area contributed by atoms with Gasteiger partial charge in [-0.25, -0.2) is 0 Å². The number of aliphatic hydroxyl groups excluding tert-OH is 2. The van der Waals surface area contributed by atoms with Crippen molar-refractivity contribution in [2.24, 2.45) is 0 Å². The van der Waals surface area contributed by atoms with Crippen LogP contribution in [0.5, 0.6) is 0 Å². The number of ether oxygens (including phenoxy) is 1. The molecule has 0 aliphatic heterocycles. The van der Waals surface area contributed by atoms with Gasteiger partial charge in [-0.3, -0.25) is 9.59 Å². The van der Waals surface area contributed by atoms with Gasteiger partial charge in [-0.1, -0.05) is 273 Å². The minimum absolute atomic E-state index is 0.0498. The fourth-order valence-electron chi connectivity index (χ4n) is 8.92. The number of nitrogens with one attached hydrogen (secondary N) is 1. The first kappa shape index (κ1) is 68.0. The third-order valence-corrected chi connectivity index (χ3v) is 13.5. The summed E-state index contributed by atoms with van der Waals surface area (Å²) >= 11 is 0. The van der Waals surface area contributed by atoms with Crippen molar-refractivity contribution in [2.45, 2.75) is 309 Å². The topological polar surface area (TPSA) is 95.9 Å². The molecule has 0 saturated heterocycles. The van der Waals surface area contributed by atoms with Crippen LogP contribution in [0.1, 0.15) is 290 Å². The molecule has 0 aromatic heterocycles. The first-order valence-corrected chi connectivity index (χ1v) is 30.4. The maximum atomic E-state index is 13.3. The molecular weight excluding hydrogens is 875 g/mol. The molecule has 0 rings (SSSR count). The average Bonchev–Trinajstić information content (AvgIpc) is 3.36. The zero-order chi connectivity index (χ0) is 51.6. The van der Waals surface area contributed by atoms with Crippen LogP contribution in [0, 0.1) is 0 Å². The normalized spacial score (nSPS) is 13.7. The van der Waals surface area contributed by atoms with Crippen LogP contribution in [0.15, 0.2) is 85.1 Å². The van der Waals surface area contributed by atoms with Crippen molar-refractivity contribution >= 4 is 11.9 Å². The maximum Gasteiger partial charge on any atom is 0.306 e. The Balaban J connectivity index is 4.65. The lowest BCUT2D eigenvalue weighted by atomic mass is 10.0. The van der Waals surface area contributed by atoms with Gasteiger partial charge in [-0.05, 0) is 89.9 Å². The predicted molar refractivity (Wildman–Crippen MR) is 310 cm³/mol. The Morgan fingerprint density at radius 3 is 1.24 bits per heavy atom. The quantitative estimate of drug-likeness (QED) is 0.0244. The Bertz CT molecular complexity index is 1340. The van der Waals surface area contributed by atoms with E-state index in [2.05, 4.69) is 111 Å². The molecule has 410 valence electrons. The van der Waals surface area contributed by atoms with Crippen molar-refractivity contribution in [3.8, 4) is 0 Å². The summed E-state index contributed by atoms with van der Waals surface area (Å²) in [6.45, 7) is 6.43. The standard InChI is InChI=1S/C65H115NO5/c1-4-7-10-13-16-19-22-25-28-31-34-37-40-43-46-49-52-55-58-65(70)71-61(56-53-50-47-44-41-38-35-32-29-26-23-20-17-14-11-8-5-2)59-64(69)66-62(60-67)63(68)57-54-51-48-45-42-39-36-33-30-27-24-21-18-15-12-9-6-3/h16-17,19-20,22,25-26,28-29,31,34-35,37-38,61-63,67-68H,4-15,18,21,23-24,27,30,32-33,36,39-60H2,1-3H3,(H,66,69)/b19-16+,20-17-,25-22+,29-26-,31-28+,37-34+,38-35-. The van der Waals surface area contributed by atoms with Crippen LogP contribution in [0.2, 0.25) is 0 Å². The molecule has 6 nitrogen and oxygen atoms in total. The molecule has 0 fully saturated rings. The molecule has 3 unspecified atom stereocenters. The molecule has 3 N–H and O–H groups in total. The Hall–Kier alpha value is -2.96. The molecule has 0 saturated carbocycles. The summed E-state index contributed by atoms with van der Waals surface area (Å²) in [7, 11) is 0. The first-order chi connectivity index (χ1) is 35.0. The van der Waals surface area contributed by atoms with Crippen LogP contribution in [0.25, 0.3) is 0 Å². The number of esters is 1. The largest absolute Gasteiger partial charge is 0.462 e. The van der Waals surface area contributed by atoms with E-state index in [-0.39, 0.29) is 24.9 Å². The monoisotopic (exact) mass is 990 g/mol. The Labute approximate surface area is 440 Å². The van der Waals surface area contributed by atoms with Crippen LogP contribution in [-0.4, -0.2) is 46.9 Å². The van der Waals surface area contributed by atoms with Crippen molar-refractivity contribution in [1.82, 2.24) is 5.32 Å². The Morgan fingerprint density at radius 1 is 0.423 bits per heavy atom. The molecule has 71 heavy (non-hydrogen) atoms. The number of allylic oxidation sites excluding steroid dienone is 14. The molecule has 0 radical (unpaired) electrons. The predicted octanol–water partition coefficient (Wildman–Crippen LogP) is 19.1. The number of carbonyl (C=O) groups excluding carboxylic acids is 2. The molecule has 3 atom stereocenters. The third kappa shape index (κ3) is 53.2. The van der Waals surface area contributed by atoms with E-state index in [9.17, 15) is 19.8 Å². The van der Waals surface area contributed by atoms with Crippen LogP contribution in [0.3, 0.4) is 0 Å². The smallest absolute Gasteiger partial charge is 0.306 e. The minimum atomic E-state index is -0.804. The number of amides is 1. The van der Waals surface area contributed by atoms with Crippen molar-refractivity contribution in [1.29, 1.82) is 0 Å². The fourth-order valence-corrected chi connectivity index (χ4v) is 8.92. The van der Waals surface area contributed by atoms with Gasteiger partial charge in [-0.2, -0.15) is 0 Å². The van der Waals surface area contributed by atoms with Gasteiger partial charge in [0.2, 0.25) is 5.91 Å². The number of hydrogen-bond acceptors (Lipinski definition) is 5. The van der Waals surface area contributed by atoms with E-state index in [0.29, 0.717) is 19.3 Å². The van der Waals surface area contributed by atoms with Crippen molar-refractivity contribution < 1.29 is 24.5 Å². The van der Waals surface area contributed by atoms with Gasteiger partial charge in [0.1, 0.15) is 6.10 Å². The van der Waals surface area contributed by atoms with E-state index in [4.69, 9.17) is 4.74 Å². The second-order valence-electron chi connectivity index (χ2n) is 20.5. The molecule has 0 heterocycles. The van der Waals surface area contributed by atoms with Gasteiger partial charge in [0.15, 0.2) is 0 Å². The van der Waals surface area contributed by atoms with Gasteiger partial charge >= 0.3 is 5.97 Å². The molecule has 0 aliphatic rings. The highest BCUT2D eigenvalue weighted by molar-refractivity contribution is 5.77. The van der Waals surface area contributed by atoms with Crippen LogP contribution in [-0.2, 0) is 14.3 Å². The van der Waals surface area contributed by atoms with Crippen molar-refractivity contribution in [3.63, 3.8) is 0 Å². The van der Waals surface area contributed by atoms with Crippen LogP contribution in [0.4, 0.5) is 0 Å². The molecule has 0 bridgehead atoms. The minimum Gasteiger partial charge on any atom is -0.462 e. The number of hydrogen-bond donors (Lipinski definition) is 3. The van der Waals surface area contributed by atoms with Crippen molar-refractivity contribution in [3.05, 3.63) is 85.1 Å². The van der Waals surface area contributed by atoms with Crippen LogP contribution >= 0.6 is 0 Å². The van der Waals surface area contributed by atoms with Gasteiger partial charge in [-0.15, -0.1) is 0 Å². The highest BCUT2D eigenvalue weighted by Crippen LogP contribution is 2.18. The summed E-state index contributed by atoms with van der Waals surface area (Å²) in [4.78, 5) is 26.3. The summed E-state index contributed by atoms with van der Waals surface area (Å²) in [5.41, 5.74) is 0. The van der Waals surface area contributed by atoms with Gasteiger partial charge in [0.25, 0.3) is 0 Å². The Kier molecular flexibility index (Phi) is 55.5. The van der Waals surface area contributed by atoms with Gasteiger partial charge < -0.3 is 20.3 Å². The maximum absolute atomic E-state index is 13.3. The number of aliphatic hydroxyl groups is 2. The summed E-state index contributed by atoms with van der Waals surface area (Å²) in [6, 6.07) is -0.720. The zero-order valence-electron chi connectivity index (χ0n) is 46.8. The highest BCUT2D eigenvalue weighted by Gasteiger charge is 2.24. The molecule has 0 spiro atoms. The number of rotatable bonds is 54. The van der Waals surface area contributed by atoms with E-state index < -0.39 is 18.2 Å². The van der Waals surface area contributed by atoms with E-state index in [1.807, 2.05) is 0 Å². The summed E-state index contributed by atoms with van der Waals surface area (Å²) in [5, 5.41) is 23.9. The second-order valence-corrected chi connectivity index (χ2v) is 20.5. The number of unbranched alkanes of at least 4 members (excludes halogenated alkanes) is 31. The van der Waals surface area contributed by atoms with E-state index in [1.165, 1.54) is 135 Å². The molecule has 0 aromatic carbocycles. The highest BCUT2D eigenvalue weighted by atomic mass is 16.5. The lowest BCUT2D eigenvalue weighted by Gasteiger charge is -2.24. The SMILES string of the molecule is CCCCC/C=C\C/C=C\C/C=C\CCCCCCC(CC(=O)NC(CO)C(O)CCCCCCCCCCCCCCCCCCC)OC(=O)CCCCCCC/C=C/C=C/C=C/C=C/CCCCC. The lowest BCUT2D eigenvalue weighted by Crippen LogP contribution is -2.46. The Morgan fingerprint density at radius 2 is 0.775 bits per heavy atom. The van der Waals surface area contributed by atoms with E-state index >= 15 is 0 Å². The molecule has 0 aliphatic carbocycles. The lowest BCUT2D eigenvalue weighted by molar-refractivity contribution is -0.151. The van der Waals surface area contributed by atoms with E-state index in [1.54, 1.807) is 0 Å².